The molecule has 1 fully saturated rings. The van der Waals surface area contributed by atoms with Crippen LogP contribution < -0.4 is 0 Å². The van der Waals surface area contributed by atoms with Gasteiger partial charge in [0.25, 0.3) is 0 Å². The first kappa shape index (κ1) is 29.2. The predicted molar refractivity (Wildman–Crippen MR) is 44.5 cm³/mol. The van der Waals surface area contributed by atoms with Crippen molar-refractivity contribution in [3.63, 3.8) is 0 Å². The third kappa shape index (κ3) is 61.1. The average Bonchev–Trinajstić information content (AvgIpc) is 2.87. The summed E-state index contributed by atoms with van der Waals surface area (Å²) in [5.74, 6) is 0. The van der Waals surface area contributed by atoms with Gasteiger partial charge in [-0.1, -0.05) is 0 Å². The van der Waals surface area contributed by atoms with Gasteiger partial charge in [-0.15, -0.1) is 13.2 Å². The summed E-state index contributed by atoms with van der Waals surface area (Å²) in [5.41, 5.74) is 0. The minimum Gasteiger partial charge on any atom is -0.0312 e. The van der Waals surface area contributed by atoms with Crippen LogP contribution in [0.3, 0.4) is 0 Å². The van der Waals surface area contributed by atoms with Crippen LogP contribution in [0.4, 0.5) is 0 Å². The second kappa shape index (κ2) is 79.4. The van der Waals surface area contributed by atoms with Crippen LogP contribution in [0, 0.1) is 52.1 Å². The summed E-state index contributed by atoms with van der Waals surface area (Å²) >= 11 is 0. The maximum atomic E-state index is 7.50. The fraction of sp³-hybridized carbons (Fsp3) is 0. The smallest absolute Gasteiger partial charge is 0 e. The van der Waals surface area contributed by atoms with Gasteiger partial charge in [-0.25, -0.2) is 0 Å². The summed E-state index contributed by atoms with van der Waals surface area (Å²) in [6, 6.07) is 0. The van der Waals surface area contributed by atoms with Crippen molar-refractivity contribution < 1.29 is 35.0 Å². The van der Waals surface area contributed by atoms with Crippen LogP contribution in [0.25, 0.3) is 0 Å². The molecular formula is C10H9MoO3. The average molecular weight is 273 g/mol. The molecule has 0 aromatic rings. The largest absolute Gasteiger partial charge is 0.0312 e. The molecule has 0 amide bonds. The van der Waals surface area contributed by atoms with Crippen LogP contribution >= 0.6 is 0 Å². The SMILES string of the molecule is C=C.[C-]#[O+].[C-]#[O+].[C-]#[O+].[CH]1[CH][CH][CH][CH]1.[Mo]. The van der Waals surface area contributed by atoms with Crippen LogP contribution in [-0.2, 0) is 35.0 Å². The van der Waals surface area contributed by atoms with Gasteiger partial charge in [0, 0.05) is 21.1 Å². The van der Waals surface area contributed by atoms with Gasteiger partial charge in [-0.2, -0.15) is 0 Å². The van der Waals surface area contributed by atoms with Crippen molar-refractivity contribution in [3.8, 4) is 0 Å². The molecule has 1 aliphatic carbocycles. The van der Waals surface area contributed by atoms with Gasteiger partial charge < -0.3 is 0 Å². The summed E-state index contributed by atoms with van der Waals surface area (Å²) in [7, 11) is 0. The third-order valence-electron chi connectivity index (χ3n) is 0.556. The molecule has 14 heavy (non-hydrogen) atoms. The Labute approximate surface area is 100 Å². The zero-order valence-corrected chi connectivity index (χ0v) is 9.44. The van der Waals surface area contributed by atoms with Gasteiger partial charge in [0.2, 0.25) is 0 Å². The molecule has 1 saturated carbocycles. The number of rotatable bonds is 0. The Balaban J connectivity index is -0.0000000267. The summed E-state index contributed by atoms with van der Waals surface area (Å²) in [5, 5.41) is 0. The predicted octanol–water partition coefficient (Wildman–Crippen LogP) is 1.71. The molecule has 4 heteroatoms. The molecule has 0 atom stereocenters. The molecule has 3 nitrogen and oxygen atoms in total. The van der Waals surface area contributed by atoms with Gasteiger partial charge in [0.15, 0.2) is 0 Å². The van der Waals surface area contributed by atoms with Crippen molar-refractivity contribution in [1.82, 2.24) is 0 Å². The van der Waals surface area contributed by atoms with Gasteiger partial charge in [-0.3, -0.25) is 0 Å². The molecule has 0 spiro atoms. The number of hydrogen-bond acceptors (Lipinski definition) is 0. The quantitative estimate of drug-likeness (QED) is 0.279. The molecule has 1 aliphatic rings. The normalized spacial score (nSPS) is 9.29. The maximum absolute atomic E-state index is 7.50. The molecule has 0 aliphatic heterocycles. The Morgan fingerprint density at radius 2 is 0.643 bits per heavy atom. The third-order valence-corrected chi connectivity index (χ3v) is 0.556. The zero-order chi connectivity index (χ0) is 11.5. The van der Waals surface area contributed by atoms with Crippen LogP contribution in [0.15, 0.2) is 13.2 Å². The van der Waals surface area contributed by atoms with E-state index >= 15 is 0 Å². The summed E-state index contributed by atoms with van der Waals surface area (Å²) in [6.45, 7) is 19.5. The van der Waals surface area contributed by atoms with Crippen molar-refractivity contribution in [2.24, 2.45) is 0 Å². The first-order valence-corrected chi connectivity index (χ1v) is 2.78. The second-order valence-electron chi connectivity index (χ2n) is 0.962. The molecule has 0 aromatic carbocycles. The number of hydrogen-bond donors (Lipinski definition) is 0. The molecular weight excluding hydrogens is 264 g/mol. The van der Waals surface area contributed by atoms with E-state index < -0.39 is 0 Å². The minimum absolute atomic E-state index is 0. The summed E-state index contributed by atoms with van der Waals surface area (Å²) in [6.07, 6.45) is 10.0. The van der Waals surface area contributed by atoms with Crippen LogP contribution in [0.1, 0.15) is 0 Å². The van der Waals surface area contributed by atoms with E-state index in [1.807, 2.05) is 32.1 Å². The fourth-order valence-electron chi connectivity index (χ4n) is 0.321. The first-order valence-electron chi connectivity index (χ1n) is 2.78. The topological polar surface area (TPSA) is 59.7 Å². The monoisotopic (exact) mass is 275 g/mol. The van der Waals surface area contributed by atoms with E-state index in [9.17, 15) is 0 Å². The Bertz CT molecular complexity index is 92.4. The van der Waals surface area contributed by atoms with Crippen LogP contribution in [-0.4, -0.2) is 0 Å². The standard InChI is InChI=1S/C5H5.C2H4.3CO.Mo/c1-2-4-5-3-1;4*1-2;/h1-5H;1-2H2;;;;. The van der Waals surface area contributed by atoms with Crippen LogP contribution in [0.5, 0.6) is 0 Å². The minimum atomic E-state index is 0. The summed E-state index contributed by atoms with van der Waals surface area (Å²) < 4.78 is 22.5. The van der Waals surface area contributed by atoms with Gasteiger partial charge in [-0.05, 0) is 32.1 Å². The Morgan fingerprint density at radius 1 is 0.571 bits per heavy atom. The van der Waals surface area contributed by atoms with Gasteiger partial charge in [0.1, 0.15) is 0 Å². The molecule has 5 radical (unpaired) electrons. The van der Waals surface area contributed by atoms with Crippen molar-refractivity contribution in [3.05, 3.63) is 65.2 Å². The van der Waals surface area contributed by atoms with Crippen molar-refractivity contribution in [1.29, 1.82) is 0 Å². The summed E-state index contributed by atoms with van der Waals surface area (Å²) in [4.78, 5) is 0. The van der Waals surface area contributed by atoms with Gasteiger partial charge >= 0.3 is 33.9 Å². The maximum Gasteiger partial charge on any atom is 0 e. The van der Waals surface area contributed by atoms with E-state index in [-0.39, 0.29) is 21.1 Å². The van der Waals surface area contributed by atoms with E-state index in [4.69, 9.17) is 14.0 Å². The Kier molecular flexibility index (Phi) is 166. The van der Waals surface area contributed by atoms with E-state index in [2.05, 4.69) is 33.1 Å². The van der Waals surface area contributed by atoms with Crippen molar-refractivity contribution >= 4 is 0 Å². The zero-order valence-electron chi connectivity index (χ0n) is 7.43. The second-order valence-corrected chi connectivity index (χ2v) is 0.962. The molecule has 73 valence electrons. The van der Waals surface area contributed by atoms with E-state index in [0.717, 1.165) is 0 Å². The van der Waals surface area contributed by atoms with Crippen LogP contribution in [0.2, 0.25) is 0 Å². The van der Waals surface area contributed by atoms with Gasteiger partial charge in [0.05, 0.1) is 0 Å². The molecule has 0 aromatic heterocycles. The van der Waals surface area contributed by atoms with E-state index in [1.165, 1.54) is 0 Å². The molecule has 1 rings (SSSR count). The van der Waals surface area contributed by atoms with Crippen molar-refractivity contribution in [2.75, 3.05) is 0 Å². The van der Waals surface area contributed by atoms with Crippen molar-refractivity contribution in [2.45, 2.75) is 0 Å². The molecule has 0 N–H and O–H groups in total. The molecule has 0 unspecified atom stereocenters. The molecule has 0 heterocycles. The van der Waals surface area contributed by atoms with E-state index in [1.54, 1.807) is 0 Å². The molecule has 0 bridgehead atoms. The Morgan fingerprint density at radius 3 is 0.714 bits per heavy atom. The first-order chi connectivity index (χ1) is 6.50. The fourth-order valence-corrected chi connectivity index (χ4v) is 0.321. The molecule has 0 saturated heterocycles. The Hall–Kier alpha value is -0.352. The van der Waals surface area contributed by atoms with E-state index in [0.29, 0.717) is 0 Å².